The lowest BCUT2D eigenvalue weighted by Crippen LogP contribution is -2.40. The van der Waals surface area contributed by atoms with E-state index in [2.05, 4.69) is 22.5 Å². The van der Waals surface area contributed by atoms with E-state index in [9.17, 15) is 23.2 Å². The van der Waals surface area contributed by atoms with Gasteiger partial charge in [-0.3, -0.25) is 9.20 Å². The van der Waals surface area contributed by atoms with E-state index >= 15 is 0 Å². The molecule has 0 spiro atoms. The predicted octanol–water partition coefficient (Wildman–Crippen LogP) is 3.63. The van der Waals surface area contributed by atoms with Gasteiger partial charge in [0.15, 0.2) is 11.6 Å². The van der Waals surface area contributed by atoms with Crippen LogP contribution in [0.25, 0.3) is 5.52 Å². The van der Waals surface area contributed by atoms with E-state index in [4.69, 9.17) is 9.47 Å². The molecule has 0 bridgehead atoms. The third-order valence-corrected chi connectivity index (χ3v) is 6.19. The van der Waals surface area contributed by atoms with Gasteiger partial charge in [0.1, 0.15) is 11.2 Å². The maximum absolute atomic E-state index is 15.0. The molecule has 1 aliphatic carbocycles. The Morgan fingerprint density at radius 1 is 1.27 bits per heavy atom. The summed E-state index contributed by atoms with van der Waals surface area (Å²) in [4.78, 5) is 37.4. The molecule has 0 aromatic carbocycles. The molecule has 2 unspecified atom stereocenters. The van der Waals surface area contributed by atoms with Crippen LogP contribution >= 0.6 is 0 Å². The highest BCUT2D eigenvalue weighted by molar-refractivity contribution is 5.90. The number of amides is 1. The number of aromatic nitrogens is 1. The second-order valence-electron chi connectivity index (χ2n) is 10.4. The van der Waals surface area contributed by atoms with Gasteiger partial charge in [0.05, 0.1) is 23.9 Å². The summed E-state index contributed by atoms with van der Waals surface area (Å²) in [6.45, 7) is 7.59. The highest BCUT2D eigenvalue weighted by Crippen LogP contribution is 2.43. The van der Waals surface area contributed by atoms with E-state index in [1.807, 2.05) is 0 Å². The maximum atomic E-state index is 15.0. The summed E-state index contributed by atoms with van der Waals surface area (Å²) in [6.07, 6.45) is 2.78. The Balaban J connectivity index is 1.60. The van der Waals surface area contributed by atoms with Crippen molar-refractivity contribution in [2.45, 2.75) is 77.0 Å². The lowest BCUT2D eigenvalue weighted by molar-refractivity contribution is 0.0502. The first-order chi connectivity index (χ1) is 17.5. The highest BCUT2D eigenvalue weighted by atomic mass is 19.2. The molecule has 37 heavy (non-hydrogen) atoms. The van der Waals surface area contributed by atoms with Gasteiger partial charge in [0.25, 0.3) is 5.56 Å². The Morgan fingerprint density at radius 2 is 2.00 bits per heavy atom. The summed E-state index contributed by atoms with van der Waals surface area (Å²) >= 11 is 0. The zero-order valence-corrected chi connectivity index (χ0v) is 21.4. The zero-order chi connectivity index (χ0) is 26.9. The van der Waals surface area contributed by atoms with E-state index in [0.717, 1.165) is 23.4 Å². The van der Waals surface area contributed by atoms with Crippen LogP contribution < -0.4 is 16.2 Å². The average Bonchev–Trinajstić information content (AvgIpc) is 3.56. The molecule has 198 valence electrons. The van der Waals surface area contributed by atoms with Crippen molar-refractivity contribution in [1.29, 1.82) is 0 Å². The van der Waals surface area contributed by atoms with Crippen LogP contribution in [0.15, 0.2) is 17.1 Å². The van der Waals surface area contributed by atoms with Crippen LogP contribution in [0.1, 0.15) is 80.8 Å². The van der Waals surface area contributed by atoms with E-state index in [1.165, 1.54) is 6.07 Å². The number of nitrogens with one attached hydrogen (secondary N) is 2. The topological polar surface area (TPSA) is 98.1 Å². The molecule has 2 aromatic rings. The molecule has 1 saturated carbocycles. The van der Waals surface area contributed by atoms with Crippen molar-refractivity contribution >= 4 is 17.6 Å². The molecule has 2 aromatic heterocycles. The van der Waals surface area contributed by atoms with Gasteiger partial charge < -0.3 is 20.1 Å². The van der Waals surface area contributed by atoms with Gasteiger partial charge in [-0.25, -0.2) is 18.4 Å². The standard InChI is InChI=1S/C27H31F2N3O5/c1-5-36-25(34)20-12-19(15-9-10-15)23-18(22(29)21(28)14-32(23)24(20)33)8-6-7-16-11-17(13-30-16)31-26(35)37-27(2,3)4/h12,14-17,30H,5,7,9-11,13H2,1-4H3,(H,31,35). The summed E-state index contributed by atoms with van der Waals surface area (Å²) in [7, 11) is 0. The van der Waals surface area contributed by atoms with Gasteiger partial charge in [0, 0.05) is 25.0 Å². The van der Waals surface area contributed by atoms with E-state index in [-0.39, 0.29) is 41.3 Å². The molecule has 2 fully saturated rings. The van der Waals surface area contributed by atoms with Gasteiger partial charge in [-0.05, 0) is 64.5 Å². The number of nitrogens with zero attached hydrogens (tertiary/aromatic N) is 1. The first kappa shape index (κ1) is 26.6. The number of pyridine rings is 2. The summed E-state index contributed by atoms with van der Waals surface area (Å²) < 4.78 is 40.8. The number of carbonyl (C=O) groups is 2. The average molecular weight is 516 g/mol. The minimum atomic E-state index is -1.23. The number of fused-ring (bicyclic) bond motifs is 1. The van der Waals surface area contributed by atoms with Crippen LogP contribution in [0.3, 0.4) is 0 Å². The molecule has 0 radical (unpaired) electrons. The fraction of sp³-hybridized carbons (Fsp3) is 0.519. The van der Waals surface area contributed by atoms with E-state index in [1.54, 1.807) is 27.7 Å². The lowest BCUT2D eigenvalue weighted by Gasteiger charge is -2.21. The summed E-state index contributed by atoms with van der Waals surface area (Å²) in [5.74, 6) is 2.50. The normalized spacial score (nSPS) is 19.3. The van der Waals surface area contributed by atoms with Crippen LogP contribution in [-0.2, 0) is 9.47 Å². The second-order valence-corrected chi connectivity index (χ2v) is 10.4. The van der Waals surface area contributed by atoms with Crippen LogP contribution in [0.4, 0.5) is 13.6 Å². The van der Waals surface area contributed by atoms with Crippen LogP contribution in [0.2, 0.25) is 0 Å². The fourth-order valence-corrected chi connectivity index (χ4v) is 4.43. The number of alkyl carbamates (subject to hydrolysis) is 1. The molecule has 8 nitrogen and oxygen atoms in total. The lowest BCUT2D eigenvalue weighted by atomic mass is 10.0. The quantitative estimate of drug-likeness (QED) is 0.466. The molecule has 2 N–H and O–H groups in total. The third-order valence-electron chi connectivity index (χ3n) is 6.19. The van der Waals surface area contributed by atoms with Gasteiger partial charge in [-0.2, -0.15) is 0 Å². The maximum Gasteiger partial charge on any atom is 0.407 e. The number of ether oxygens (including phenoxy) is 2. The summed E-state index contributed by atoms with van der Waals surface area (Å²) in [6, 6.07) is 1.22. The van der Waals surface area contributed by atoms with Gasteiger partial charge in [0.2, 0.25) is 0 Å². The Bertz CT molecular complexity index is 1350. The van der Waals surface area contributed by atoms with Crippen LogP contribution in [-0.4, -0.2) is 47.3 Å². The Morgan fingerprint density at radius 3 is 2.65 bits per heavy atom. The molecule has 1 saturated heterocycles. The van der Waals surface area contributed by atoms with Crippen LogP contribution in [0, 0.1) is 23.5 Å². The smallest absolute Gasteiger partial charge is 0.407 e. The first-order valence-electron chi connectivity index (χ1n) is 12.4. The predicted molar refractivity (Wildman–Crippen MR) is 133 cm³/mol. The van der Waals surface area contributed by atoms with Gasteiger partial charge in [-0.1, -0.05) is 11.8 Å². The van der Waals surface area contributed by atoms with E-state index < -0.39 is 34.9 Å². The van der Waals surface area contributed by atoms with Crippen molar-refractivity contribution in [2.24, 2.45) is 0 Å². The highest BCUT2D eigenvalue weighted by Gasteiger charge is 2.31. The number of hydrogen-bond acceptors (Lipinski definition) is 6. The molecule has 2 aliphatic rings. The van der Waals surface area contributed by atoms with E-state index in [0.29, 0.717) is 24.9 Å². The molecule has 4 rings (SSSR count). The van der Waals surface area contributed by atoms with Crippen molar-refractivity contribution in [1.82, 2.24) is 15.0 Å². The summed E-state index contributed by atoms with van der Waals surface area (Å²) in [5.41, 5.74) is -1.06. The molecular weight excluding hydrogens is 484 g/mol. The monoisotopic (exact) mass is 515 g/mol. The molecule has 2 atom stereocenters. The van der Waals surface area contributed by atoms with Gasteiger partial charge >= 0.3 is 12.1 Å². The Kier molecular flexibility index (Phi) is 7.55. The molecule has 1 aliphatic heterocycles. The number of esters is 1. The minimum Gasteiger partial charge on any atom is -0.462 e. The molecule has 10 heteroatoms. The zero-order valence-electron chi connectivity index (χ0n) is 21.4. The van der Waals surface area contributed by atoms with Crippen molar-refractivity contribution in [3.8, 4) is 11.8 Å². The Labute approximate surface area is 213 Å². The largest absolute Gasteiger partial charge is 0.462 e. The van der Waals surface area contributed by atoms with Crippen molar-refractivity contribution in [3.05, 3.63) is 50.9 Å². The van der Waals surface area contributed by atoms with Crippen LogP contribution in [0.5, 0.6) is 0 Å². The number of halogens is 2. The number of rotatable bonds is 5. The third kappa shape index (κ3) is 6.10. The summed E-state index contributed by atoms with van der Waals surface area (Å²) in [5, 5.41) is 6.07. The van der Waals surface area contributed by atoms with Crippen molar-refractivity contribution in [2.75, 3.05) is 13.2 Å². The number of carbonyl (C=O) groups excluding carboxylic acids is 2. The SMILES string of the molecule is CCOC(=O)c1cc(C2CC2)c2c(C#CCC3CC(NC(=O)OC(C)(C)C)CN3)c(F)c(F)cn2c1=O. The fourth-order valence-electron chi connectivity index (χ4n) is 4.43. The second kappa shape index (κ2) is 10.5. The van der Waals surface area contributed by atoms with Crippen molar-refractivity contribution < 1.29 is 27.8 Å². The Hall–Kier alpha value is -3.45. The van der Waals surface area contributed by atoms with Crippen molar-refractivity contribution in [3.63, 3.8) is 0 Å². The molecular formula is C27H31F2N3O5. The number of hydrogen-bond donors (Lipinski definition) is 2. The molecule has 3 heterocycles. The first-order valence-corrected chi connectivity index (χ1v) is 12.4. The van der Waals surface area contributed by atoms with Gasteiger partial charge in [-0.15, -0.1) is 0 Å². The molecule has 1 amide bonds. The minimum absolute atomic E-state index is 0.0189.